The zero-order valence-corrected chi connectivity index (χ0v) is 25.7. The summed E-state index contributed by atoms with van der Waals surface area (Å²) < 4.78 is 2.47. The van der Waals surface area contributed by atoms with Crippen LogP contribution in [0.3, 0.4) is 0 Å². The van der Waals surface area contributed by atoms with Crippen LogP contribution in [0.2, 0.25) is 0 Å². The molecule has 1 aromatic heterocycles. The summed E-state index contributed by atoms with van der Waals surface area (Å²) in [5.74, 6) is 0. The molecular weight excluding hydrogens is 567 g/mol. The highest BCUT2D eigenvalue weighted by Crippen LogP contribution is 2.45. The average molecular weight is 596 g/mol. The van der Waals surface area contributed by atoms with E-state index in [2.05, 4.69) is 180 Å². The van der Waals surface area contributed by atoms with Crippen LogP contribution < -0.4 is 0 Å². The van der Waals surface area contributed by atoms with Gasteiger partial charge in [0, 0.05) is 16.5 Å². The average Bonchev–Trinajstić information content (AvgIpc) is 3.49. The van der Waals surface area contributed by atoms with E-state index >= 15 is 0 Å². The maximum absolute atomic E-state index is 2.47. The molecule has 0 atom stereocenters. The van der Waals surface area contributed by atoms with Gasteiger partial charge in [-0.25, -0.2) is 0 Å². The molecule has 218 valence electrons. The first kappa shape index (κ1) is 26.1. The van der Waals surface area contributed by atoms with E-state index in [-0.39, 0.29) is 0 Å². The van der Waals surface area contributed by atoms with Crippen molar-refractivity contribution >= 4 is 64.9 Å². The monoisotopic (exact) mass is 595 g/mol. The van der Waals surface area contributed by atoms with Crippen molar-refractivity contribution < 1.29 is 0 Å². The smallest absolute Gasteiger partial charge is 0.0547 e. The summed E-state index contributed by atoms with van der Waals surface area (Å²) >= 11 is 0. The number of nitrogens with zero attached hydrogens (tertiary/aromatic N) is 1. The highest BCUT2D eigenvalue weighted by atomic mass is 15.0. The third-order valence-corrected chi connectivity index (χ3v) is 9.93. The normalized spacial score (nSPS) is 11.8. The van der Waals surface area contributed by atoms with Crippen LogP contribution in [0, 0.1) is 0 Å². The van der Waals surface area contributed by atoms with Gasteiger partial charge < -0.3 is 4.57 Å². The molecule has 10 aromatic rings. The molecule has 0 amide bonds. The number of hydrogen-bond donors (Lipinski definition) is 0. The Labute approximate surface area is 272 Å². The van der Waals surface area contributed by atoms with Crippen molar-refractivity contribution in [3.05, 3.63) is 176 Å². The minimum Gasteiger partial charge on any atom is -0.309 e. The molecule has 9 aromatic carbocycles. The maximum Gasteiger partial charge on any atom is 0.0547 e. The van der Waals surface area contributed by atoms with Crippen molar-refractivity contribution in [2.45, 2.75) is 0 Å². The van der Waals surface area contributed by atoms with Gasteiger partial charge in [-0.15, -0.1) is 0 Å². The summed E-state index contributed by atoms with van der Waals surface area (Å²) in [6.07, 6.45) is 0. The van der Waals surface area contributed by atoms with Crippen molar-refractivity contribution in [3.8, 4) is 27.9 Å². The molecule has 0 unspecified atom stereocenters. The first-order chi connectivity index (χ1) is 23.3. The topological polar surface area (TPSA) is 4.93 Å². The van der Waals surface area contributed by atoms with Gasteiger partial charge in [0.1, 0.15) is 0 Å². The fraction of sp³-hybridized carbons (Fsp3) is 0. The number of hydrogen-bond acceptors (Lipinski definition) is 0. The minimum absolute atomic E-state index is 1.16. The molecule has 10 rings (SSSR count). The van der Waals surface area contributed by atoms with E-state index in [0.717, 1.165) is 5.69 Å². The standard InChI is InChI=1S/C46H29N/c1-2-15-32(16-3-1)43-37-21-8-10-23-39(37)44(40-24-11-9-22-38(40)43)33-17-12-18-34(29-33)47-41-27-25-30-13-4-6-19-35(30)45(41)46-36-20-7-5-14-31(36)26-28-42(46)47/h1-29H. The molecule has 0 radical (unpaired) electrons. The molecule has 1 heteroatoms. The molecule has 0 N–H and O–H groups in total. The molecule has 1 heterocycles. The van der Waals surface area contributed by atoms with Crippen LogP contribution in [0.1, 0.15) is 0 Å². The summed E-state index contributed by atoms with van der Waals surface area (Å²) in [5.41, 5.74) is 8.62. The van der Waals surface area contributed by atoms with Gasteiger partial charge in [0.05, 0.1) is 11.0 Å². The molecular formula is C46H29N. The lowest BCUT2D eigenvalue weighted by atomic mass is 9.86. The highest BCUT2D eigenvalue weighted by Gasteiger charge is 2.19. The number of fused-ring (bicyclic) bond motifs is 9. The summed E-state index contributed by atoms with van der Waals surface area (Å²) in [5, 5.41) is 12.8. The van der Waals surface area contributed by atoms with Gasteiger partial charge in [-0.2, -0.15) is 0 Å². The van der Waals surface area contributed by atoms with Crippen molar-refractivity contribution in [1.82, 2.24) is 4.57 Å². The number of benzene rings is 9. The predicted octanol–water partition coefficient (Wildman–Crippen LogP) is 12.7. The lowest BCUT2D eigenvalue weighted by molar-refractivity contribution is 1.18. The Hall–Kier alpha value is -6.18. The molecule has 0 spiro atoms. The van der Waals surface area contributed by atoms with Crippen LogP contribution in [0.4, 0.5) is 0 Å². The Balaban J connectivity index is 1.31. The van der Waals surface area contributed by atoms with E-state index in [4.69, 9.17) is 0 Å². The second kappa shape index (κ2) is 10.2. The van der Waals surface area contributed by atoms with Crippen molar-refractivity contribution in [2.24, 2.45) is 0 Å². The lowest BCUT2D eigenvalue weighted by Crippen LogP contribution is -1.95. The third-order valence-electron chi connectivity index (χ3n) is 9.93. The van der Waals surface area contributed by atoms with E-state index in [1.807, 2.05) is 0 Å². The second-order valence-corrected chi connectivity index (χ2v) is 12.5. The minimum atomic E-state index is 1.16. The van der Waals surface area contributed by atoms with Gasteiger partial charge in [0.2, 0.25) is 0 Å². The van der Waals surface area contributed by atoms with Crippen LogP contribution in [0.15, 0.2) is 176 Å². The van der Waals surface area contributed by atoms with Crippen LogP contribution in [-0.2, 0) is 0 Å². The van der Waals surface area contributed by atoms with Gasteiger partial charge in [-0.05, 0) is 89.6 Å². The van der Waals surface area contributed by atoms with Gasteiger partial charge in [-0.3, -0.25) is 0 Å². The predicted molar refractivity (Wildman–Crippen MR) is 202 cm³/mol. The van der Waals surface area contributed by atoms with E-state index < -0.39 is 0 Å². The van der Waals surface area contributed by atoms with Gasteiger partial charge in [-0.1, -0.05) is 152 Å². The fourth-order valence-electron chi connectivity index (χ4n) is 7.98. The zero-order valence-electron chi connectivity index (χ0n) is 25.7. The quantitative estimate of drug-likeness (QED) is 0.179. The third kappa shape index (κ3) is 3.84. The fourth-order valence-corrected chi connectivity index (χ4v) is 7.98. The lowest BCUT2D eigenvalue weighted by Gasteiger charge is -2.18. The van der Waals surface area contributed by atoms with E-state index in [9.17, 15) is 0 Å². The zero-order chi connectivity index (χ0) is 30.9. The van der Waals surface area contributed by atoms with Crippen molar-refractivity contribution in [3.63, 3.8) is 0 Å². The summed E-state index contributed by atoms with van der Waals surface area (Å²) in [6.45, 7) is 0. The summed E-state index contributed by atoms with van der Waals surface area (Å²) in [6, 6.07) is 64.5. The first-order valence-corrected chi connectivity index (χ1v) is 16.3. The molecule has 0 bridgehead atoms. The van der Waals surface area contributed by atoms with Gasteiger partial charge >= 0.3 is 0 Å². The molecule has 0 aliphatic heterocycles. The van der Waals surface area contributed by atoms with Crippen LogP contribution in [0.25, 0.3) is 92.8 Å². The molecule has 0 aliphatic rings. The Kier molecular flexibility index (Phi) is 5.64. The Bertz CT molecular complexity index is 2690. The molecule has 0 saturated carbocycles. The van der Waals surface area contributed by atoms with Gasteiger partial charge in [0.25, 0.3) is 0 Å². The SMILES string of the molecule is c1ccc(-c2c3ccccc3c(-c3cccc(-n4c5ccc6ccccc6c5c5c6ccccc6ccc54)c3)c3ccccc23)cc1. The number of rotatable bonds is 3. The van der Waals surface area contributed by atoms with Gasteiger partial charge in [0.15, 0.2) is 0 Å². The largest absolute Gasteiger partial charge is 0.309 e. The van der Waals surface area contributed by atoms with Crippen LogP contribution in [0.5, 0.6) is 0 Å². The molecule has 1 nitrogen and oxygen atoms in total. The Morgan fingerprint density at radius 2 is 0.723 bits per heavy atom. The van der Waals surface area contributed by atoms with Crippen LogP contribution in [-0.4, -0.2) is 4.57 Å². The summed E-state index contributed by atoms with van der Waals surface area (Å²) in [7, 11) is 0. The maximum atomic E-state index is 2.47. The first-order valence-electron chi connectivity index (χ1n) is 16.3. The summed E-state index contributed by atoms with van der Waals surface area (Å²) in [4.78, 5) is 0. The van der Waals surface area contributed by atoms with E-state index in [0.29, 0.717) is 0 Å². The van der Waals surface area contributed by atoms with Crippen molar-refractivity contribution in [2.75, 3.05) is 0 Å². The second-order valence-electron chi connectivity index (χ2n) is 12.5. The molecule has 47 heavy (non-hydrogen) atoms. The molecule has 0 fully saturated rings. The molecule has 0 aliphatic carbocycles. The van der Waals surface area contributed by atoms with E-state index in [1.165, 1.54) is 87.1 Å². The Morgan fingerprint density at radius 1 is 0.298 bits per heavy atom. The highest BCUT2D eigenvalue weighted by molar-refractivity contribution is 6.28. The molecule has 0 saturated heterocycles. The van der Waals surface area contributed by atoms with Crippen molar-refractivity contribution in [1.29, 1.82) is 0 Å². The van der Waals surface area contributed by atoms with E-state index in [1.54, 1.807) is 0 Å². The number of aromatic nitrogens is 1. The Morgan fingerprint density at radius 3 is 1.26 bits per heavy atom. The van der Waals surface area contributed by atoms with Crippen LogP contribution >= 0.6 is 0 Å².